The zero-order valence-electron chi connectivity index (χ0n) is 18.8. The van der Waals surface area contributed by atoms with Crippen molar-refractivity contribution in [3.8, 4) is 5.69 Å². The van der Waals surface area contributed by atoms with Gasteiger partial charge in [0.25, 0.3) is 5.91 Å². The minimum absolute atomic E-state index is 0.113. The van der Waals surface area contributed by atoms with Gasteiger partial charge in [-0.25, -0.2) is 10.2 Å². The quantitative estimate of drug-likeness (QED) is 0.268. The SMILES string of the molecule is Cc1nn(-c2ccc(C(N)=O)c(NCCCCCC(=O)NO)c2)c2c1C(=O)CC(C)(C)C2. The molecule has 0 fully saturated rings. The molecule has 9 nitrogen and oxygen atoms in total. The molecule has 1 aromatic heterocycles. The molecule has 1 heterocycles. The summed E-state index contributed by atoms with van der Waals surface area (Å²) < 4.78 is 1.80. The number of carbonyl (C=O) groups is 3. The van der Waals surface area contributed by atoms with Gasteiger partial charge in [-0.1, -0.05) is 20.3 Å². The molecule has 0 saturated carbocycles. The summed E-state index contributed by atoms with van der Waals surface area (Å²) in [5.74, 6) is -0.822. The van der Waals surface area contributed by atoms with E-state index >= 15 is 0 Å². The first-order valence-corrected chi connectivity index (χ1v) is 10.9. The number of amides is 2. The average molecular weight is 442 g/mol. The molecule has 0 atom stereocenters. The van der Waals surface area contributed by atoms with Gasteiger partial charge < -0.3 is 11.1 Å². The van der Waals surface area contributed by atoms with E-state index in [9.17, 15) is 14.4 Å². The molecule has 2 amide bonds. The number of carbonyl (C=O) groups excluding carboxylic acids is 3. The highest BCUT2D eigenvalue weighted by molar-refractivity contribution is 6.00. The molecule has 2 aromatic rings. The van der Waals surface area contributed by atoms with Crippen LogP contribution in [0.1, 0.15) is 78.1 Å². The summed E-state index contributed by atoms with van der Waals surface area (Å²) in [7, 11) is 0. The Balaban J connectivity index is 1.81. The van der Waals surface area contributed by atoms with Crippen molar-refractivity contribution in [2.75, 3.05) is 11.9 Å². The summed E-state index contributed by atoms with van der Waals surface area (Å²) in [4.78, 5) is 35.7. The van der Waals surface area contributed by atoms with Crippen LogP contribution in [0.2, 0.25) is 0 Å². The maximum Gasteiger partial charge on any atom is 0.250 e. The number of rotatable bonds is 9. The van der Waals surface area contributed by atoms with Crippen molar-refractivity contribution in [2.24, 2.45) is 11.1 Å². The van der Waals surface area contributed by atoms with E-state index in [0.29, 0.717) is 41.9 Å². The van der Waals surface area contributed by atoms with Gasteiger partial charge in [-0.05, 0) is 49.8 Å². The van der Waals surface area contributed by atoms with Crippen molar-refractivity contribution in [3.63, 3.8) is 0 Å². The van der Waals surface area contributed by atoms with Crippen LogP contribution in [-0.2, 0) is 11.2 Å². The van der Waals surface area contributed by atoms with Crippen LogP contribution in [0.3, 0.4) is 0 Å². The molecule has 9 heteroatoms. The lowest BCUT2D eigenvalue weighted by molar-refractivity contribution is -0.129. The lowest BCUT2D eigenvalue weighted by Gasteiger charge is -2.29. The van der Waals surface area contributed by atoms with Crippen molar-refractivity contribution in [1.82, 2.24) is 15.3 Å². The Bertz CT molecular complexity index is 1040. The second kappa shape index (κ2) is 9.52. The predicted molar refractivity (Wildman–Crippen MR) is 120 cm³/mol. The fourth-order valence-corrected chi connectivity index (χ4v) is 4.24. The van der Waals surface area contributed by atoms with Crippen LogP contribution < -0.4 is 16.5 Å². The van der Waals surface area contributed by atoms with Gasteiger partial charge in [0.1, 0.15) is 0 Å². The summed E-state index contributed by atoms with van der Waals surface area (Å²) in [6.07, 6.45) is 3.71. The molecule has 0 bridgehead atoms. The van der Waals surface area contributed by atoms with E-state index < -0.39 is 11.8 Å². The highest BCUT2D eigenvalue weighted by atomic mass is 16.5. The molecule has 0 unspecified atom stereocenters. The number of nitrogens with zero attached hydrogens (tertiary/aromatic N) is 2. The number of anilines is 1. The summed E-state index contributed by atoms with van der Waals surface area (Å²) >= 11 is 0. The van der Waals surface area contributed by atoms with Crippen molar-refractivity contribution in [2.45, 2.75) is 59.3 Å². The lowest BCUT2D eigenvalue weighted by atomic mass is 9.75. The van der Waals surface area contributed by atoms with Crippen LogP contribution in [0, 0.1) is 12.3 Å². The first-order valence-electron chi connectivity index (χ1n) is 10.9. The van der Waals surface area contributed by atoms with Gasteiger partial charge in [0, 0.05) is 25.1 Å². The van der Waals surface area contributed by atoms with E-state index in [-0.39, 0.29) is 17.6 Å². The summed E-state index contributed by atoms with van der Waals surface area (Å²) in [6.45, 7) is 6.59. The van der Waals surface area contributed by atoms with E-state index in [0.717, 1.165) is 30.6 Å². The van der Waals surface area contributed by atoms with Gasteiger partial charge in [0.15, 0.2) is 5.78 Å². The Morgan fingerprint density at radius 2 is 1.97 bits per heavy atom. The van der Waals surface area contributed by atoms with Crippen LogP contribution in [-0.4, -0.2) is 39.1 Å². The second-order valence-corrected chi connectivity index (χ2v) is 9.13. The molecule has 0 radical (unpaired) electrons. The summed E-state index contributed by atoms with van der Waals surface area (Å²) in [5, 5.41) is 16.4. The number of hydrogen-bond donors (Lipinski definition) is 4. The highest BCUT2D eigenvalue weighted by Gasteiger charge is 2.35. The number of benzene rings is 1. The molecule has 3 rings (SSSR count). The molecular formula is C23H31N5O4. The van der Waals surface area contributed by atoms with Gasteiger partial charge in [-0.15, -0.1) is 0 Å². The molecule has 0 aliphatic heterocycles. The van der Waals surface area contributed by atoms with Crippen LogP contribution >= 0.6 is 0 Å². The Morgan fingerprint density at radius 1 is 1.22 bits per heavy atom. The van der Waals surface area contributed by atoms with Gasteiger partial charge in [0.05, 0.1) is 28.2 Å². The van der Waals surface area contributed by atoms with E-state index in [1.54, 1.807) is 22.3 Å². The molecule has 32 heavy (non-hydrogen) atoms. The number of nitrogens with one attached hydrogen (secondary N) is 2. The molecule has 0 saturated heterocycles. The smallest absolute Gasteiger partial charge is 0.250 e. The number of hydrogen-bond acceptors (Lipinski definition) is 6. The Morgan fingerprint density at radius 3 is 2.66 bits per heavy atom. The number of nitrogens with two attached hydrogens (primary N) is 1. The lowest BCUT2D eigenvalue weighted by Crippen LogP contribution is -2.28. The third-order valence-corrected chi connectivity index (χ3v) is 5.75. The van der Waals surface area contributed by atoms with Gasteiger partial charge in [0.2, 0.25) is 5.91 Å². The fourth-order valence-electron chi connectivity index (χ4n) is 4.24. The normalized spacial score (nSPS) is 14.7. The summed E-state index contributed by atoms with van der Waals surface area (Å²) in [6, 6.07) is 5.29. The van der Waals surface area contributed by atoms with Crippen LogP contribution in [0.4, 0.5) is 5.69 Å². The van der Waals surface area contributed by atoms with Crippen LogP contribution in [0.5, 0.6) is 0 Å². The molecular weight excluding hydrogens is 410 g/mol. The standard InChI is InChI=1S/C23H31N5O4/c1-14-21-18(12-23(2,3)13-19(21)29)28(26-14)15-8-9-16(22(24)31)17(11-15)25-10-6-4-5-7-20(30)27-32/h8-9,11,25,32H,4-7,10,12-13H2,1-3H3,(H2,24,31)(H,27,30). The molecule has 172 valence electrons. The van der Waals surface area contributed by atoms with Crippen LogP contribution in [0.15, 0.2) is 18.2 Å². The van der Waals surface area contributed by atoms with Gasteiger partial charge >= 0.3 is 0 Å². The van der Waals surface area contributed by atoms with Crippen molar-refractivity contribution in [1.29, 1.82) is 0 Å². The first kappa shape index (κ1) is 23.5. The number of Topliss-reactive ketones (excluding diaryl/α,β-unsaturated/α-hetero) is 1. The first-order chi connectivity index (χ1) is 15.1. The molecule has 1 aliphatic carbocycles. The third-order valence-electron chi connectivity index (χ3n) is 5.75. The minimum Gasteiger partial charge on any atom is -0.384 e. The topological polar surface area (TPSA) is 139 Å². The number of unbranched alkanes of at least 4 members (excludes halogenated alkanes) is 2. The van der Waals surface area contributed by atoms with E-state index in [1.165, 1.54) is 0 Å². The van der Waals surface area contributed by atoms with Gasteiger partial charge in [-0.2, -0.15) is 5.10 Å². The monoisotopic (exact) mass is 441 g/mol. The van der Waals surface area contributed by atoms with Crippen molar-refractivity contribution < 1.29 is 19.6 Å². The Labute approximate surface area is 187 Å². The summed E-state index contributed by atoms with van der Waals surface area (Å²) in [5.41, 5.74) is 11.1. The highest BCUT2D eigenvalue weighted by Crippen LogP contribution is 2.37. The Hall–Kier alpha value is -3.20. The zero-order valence-corrected chi connectivity index (χ0v) is 18.8. The number of fused-ring (bicyclic) bond motifs is 1. The van der Waals surface area contributed by atoms with Gasteiger partial charge in [-0.3, -0.25) is 19.6 Å². The number of hydroxylamine groups is 1. The molecule has 0 spiro atoms. The Kier molecular flexibility index (Phi) is 6.98. The second-order valence-electron chi connectivity index (χ2n) is 9.13. The zero-order chi connectivity index (χ0) is 23.5. The number of ketones is 1. The largest absolute Gasteiger partial charge is 0.384 e. The average Bonchev–Trinajstić information content (AvgIpc) is 3.05. The van der Waals surface area contributed by atoms with E-state index in [1.807, 2.05) is 13.0 Å². The fraction of sp³-hybridized carbons (Fsp3) is 0.478. The molecule has 1 aliphatic rings. The van der Waals surface area contributed by atoms with E-state index in [4.69, 9.17) is 10.9 Å². The maximum atomic E-state index is 12.7. The third kappa shape index (κ3) is 5.16. The van der Waals surface area contributed by atoms with Crippen molar-refractivity contribution in [3.05, 3.63) is 40.7 Å². The number of aryl methyl sites for hydroxylation is 1. The predicted octanol–water partition coefficient (Wildman–Crippen LogP) is 2.91. The molecule has 1 aromatic carbocycles. The van der Waals surface area contributed by atoms with E-state index in [2.05, 4.69) is 24.3 Å². The maximum absolute atomic E-state index is 12.7. The molecule has 5 N–H and O–H groups in total. The number of primary amides is 1. The van der Waals surface area contributed by atoms with Crippen molar-refractivity contribution >= 4 is 23.3 Å². The van der Waals surface area contributed by atoms with Crippen LogP contribution in [0.25, 0.3) is 5.69 Å². The minimum atomic E-state index is -0.534. The number of aromatic nitrogens is 2.